The minimum Gasteiger partial charge on any atom is -0.340 e. The van der Waals surface area contributed by atoms with Crippen molar-refractivity contribution in [2.75, 3.05) is 31.9 Å². The van der Waals surface area contributed by atoms with Crippen molar-refractivity contribution in [2.45, 2.75) is 11.3 Å². The van der Waals surface area contributed by atoms with E-state index in [1.54, 1.807) is 0 Å². The van der Waals surface area contributed by atoms with E-state index in [9.17, 15) is 13.6 Å². The van der Waals surface area contributed by atoms with Gasteiger partial charge in [0, 0.05) is 49.3 Å². The summed E-state index contributed by atoms with van der Waals surface area (Å²) in [5.74, 6) is -0.555. The van der Waals surface area contributed by atoms with E-state index in [1.165, 1.54) is 23.9 Å². The molecule has 0 bridgehead atoms. The first-order valence-electron chi connectivity index (χ1n) is 6.23. The second kappa shape index (κ2) is 6.86. The summed E-state index contributed by atoms with van der Waals surface area (Å²) in [5, 5.41) is 3.18. The van der Waals surface area contributed by atoms with E-state index in [-0.39, 0.29) is 5.91 Å². The van der Waals surface area contributed by atoms with E-state index < -0.39 is 11.6 Å². The van der Waals surface area contributed by atoms with Gasteiger partial charge in [-0.2, -0.15) is 0 Å². The minimum absolute atomic E-state index is 0.0940. The Hall–Kier alpha value is -1.14. The maximum absolute atomic E-state index is 13.4. The molecule has 1 fully saturated rings. The van der Waals surface area contributed by atoms with Gasteiger partial charge >= 0.3 is 0 Å². The number of carbonyl (C=O) groups excluding carboxylic acids is 1. The molecule has 2 rings (SSSR count). The third-order valence-corrected chi connectivity index (χ3v) is 3.99. The molecule has 104 valence electrons. The van der Waals surface area contributed by atoms with E-state index in [4.69, 9.17) is 0 Å². The Morgan fingerprint density at radius 3 is 2.74 bits per heavy atom. The van der Waals surface area contributed by atoms with Crippen LogP contribution in [0, 0.1) is 11.6 Å². The lowest BCUT2D eigenvalue weighted by molar-refractivity contribution is -0.131. The van der Waals surface area contributed by atoms with Crippen molar-refractivity contribution in [1.82, 2.24) is 10.2 Å². The molecule has 0 aliphatic carbocycles. The Kier molecular flexibility index (Phi) is 5.15. The first kappa shape index (κ1) is 14.3. The Morgan fingerprint density at radius 2 is 2.05 bits per heavy atom. The summed E-state index contributed by atoms with van der Waals surface area (Å²) in [6, 6.07) is 3.49. The van der Waals surface area contributed by atoms with Crippen LogP contribution in [0.15, 0.2) is 23.1 Å². The molecule has 0 saturated carbocycles. The number of thioether (sulfide) groups is 1. The molecule has 6 heteroatoms. The molecule has 0 spiro atoms. The molecular formula is C13H16F2N2OS. The lowest BCUT2D eigenvalue weighted by Crippen LogP contribution is -2.46. The maximum Gasteiger partial charge on any atom is 0.223 e. The molecule has 1 amide bonds. The van der Waals surface area contributed by atoms with Gasteiger partial charge in [-0.1, -0.05) is 0 Å². The van der Waals surface area contributed by atoms with Gasteiger partial charge in [0.05, 0.1) is 0 Å². The predicted octanol–water partition coefficient (Wildman–Crippen LogP) is 1.88. The zero-order chi connectivity index (χ0) is 13.7. The molecule has 1 heterocycles. The highest BCUT2D eigenvalue weighted by molar-refractivity contribution is 7.99. The topological polar surface area (TPSA) is 32.3 Å². The molecule has 1 saturated heterocycles. The second-order valence-electron chi connectivity index (χ2n) is 4.30. The van der Waals surface area contributed by atoms with Crippen LogP contribution in [0.2, 0.25) is 0 Å². The van der Waals surface area contributed by atoms with Crippen LogP contribution in [0.25, 0.3) is 0 Å². The monoisotopic (exact) mass is 286 g/mol. The van der Waals surface area contributed by atoms with E-state index >= 15 is 0 Å². The molecule has 0 atom stereocenters. The normalized spacial score (nSPS) is 15.6. The number of hydrogen-bond donors (Lipinski definition) is 1. The number of carbonyl (C=O) groups is 1. The largest absolute Gasteiger partial charge is 0.340 e. The first-order valence-corrected chi connectivity index (χ1v) is 7.22. The van der Waals surface area contributed by atoms with Crippen LogP contribution < -0.4 is 5.32 Å². The quantitative estimate of drug-likeness (QED) is 0.858. The summed E-state index contributed by atoms with van der Waals surface area (Å²) in [7, 11) is 0. The fourth-order valence-corrected chi connectivity index (χ4v) is 2.77. The number of amides is 1. The molecule has 19 heavy (non-hydrogen) atoms. The van der Waals surface area contributed by atoms with Crippen molar-refractivity contribution in [3.8, 4) is 0 Å². The predicted molar refractivity (Wildman–Crippen MR) is 71.1 cm³/mol. The fraction of sp³-hybridized carbons (Fsp3) is 0.462. The third-order valence-electron chi connectivity index (χ3n) is 2.94. The second-order valence-corrected chi connectivity index (χ2v) is 5.44. The van der Waals surface area contributed by atoms with E-state index in [0.717, 1.165) is 32.2 Å². The van der Waals surface area contributed by atoms with Crippen molar-refractivity contribution >= 4 is 17.7 Å². The summed E-state index contributed by atoms with van der Waals surface area (Å²) < 4.78 is 26.1. The molecule has 0 radical (unpaired) electrons. The van der Waals surface area contributed by atoms with E-state index in [0.29, 0.717) is 17.1 Å². The Bertz CT molecular complexity index is 450. The van der Waals surface area contributed by atoms with Crippen LogP contribution in [0.1, 0.15) is 6.42 Å². The van der Waals surface area contributed by atoms with Crippen molar-refractivity contribution < 1.29 is 13.6 Å². The number of nitrogens with zero attached hydrogens (tertiary/aromatic N) is 1. The Labute approximate surface area is 115 Å². The molecule has 1 aliphatic heterocycles. The summed E-state index contributed by atoms with van der Waals surface area (Å²) >= 11 is 1.24. The average Bonchev–Trinajstić information content (AvgIpc) is 2.42. The first-order chi connectivity index (χ1) is 9.16. The van der Waals surface area contributed by atoms with Gasteiger partial charge in [0.2, 0.25) is 5.91 Å². The van der Waals surface area contributed by atoms with Gasteiger partial charge < -0.3 is 10.2 Å². The average molecular weight is 286 g/mol. The fourth-order valence-electron chi connectivity index (χ4n) is 1.91. The SMILES string of the molecule is O=C(CCSc1ccc(F)cc1F)N1CCNCC1. The molecule has 1 aromatic rings. The highest BCUT2D eigenvalue weighted by Gasteiger charge is 2.15. The van der Waals surface area contributed by atoms with Crippen LogP contribution in [0.5, 0.6) is 0 Å². The van der Waals surface area contributed by atoms with Gasteiger partial charge in [-0.3, -0.25) is 4.79 Å². The Balaban J connectivity index is 1.78. The summed E-state index contributed by atoms with van der Waals surface area (Å²) in [6.45, 7) is 3.11. The summed E-state index contributed by atoms with van der Waals surface area (Å²) in [5.41, 5.74) is 0. The lowest BCUT2D eigenvalue weighted by Gasteiger charge is -2.27. The van der Waals surface area contributed by atoms with Crippen molar-refractivity contribution in [3.63, 3.8) is 0 Å². The van der Waals surface area contributed by atoms with Crippen LogP contribution in [-0.2, 0) is 4.79 Å². The molecule has 1 aromatic carbocycles. The molecule has 3 nitrogen and oxygen atoms in total. The standard InChI is InChI=1S/C13H16F2N2OS/c14-10-1-2-12(11(15)9-10)19-8-3-13(18)17-6-4-16-5-7-17/h1-2,9,16H,3-8H2. The number of halogens is 2. The molecule has 1 aliphatic rings. The van der Waals surface area contributed by atoms with Gasteiger partial charge in [-0.05, 0) is 12.1 Å². The molecule has 1 N–H and O–H groups in total. The number of nitrogens with one attached hydrogen (secondary N) is 1. The van der Waals surface area contributed by atoms with Crippen LogP contribution in [-0.4, -0.2) is 42.7 Å². The zero-order valence-electron chi connectivity index (χ0n) is 10.5. The van der Waals surface area contributed by atoms with E-state index in [1.807, 2.05) is 4.90 Å². The lowest BCUT2D eigenvalue weighted by atomic mass is 10.3. The zero-order valence-corrected chi connectivity index (χ0v) is 11.3. The summed E-state index contributed by atoms with van der Waals surface area (Å²) in [6.07, 6.45) is 0.376. The molecular weight excluding hydrogens is 270 g/mol. The number of rotatable bonds is 4. The van der Waals surface area contributed by atoms with Gasteiger partial charge in [0.1, 0.15) is 11.6 Å². The third kappa shape index (κ3) is 4.18. The van der Waals surface area contributed by atoms with Gasteiger partial charge in [-0.25, -0.2) is 8.78 Å². The summed E-state index contributed by atoms with van der Waals surface area (Å²) in [4.78, 5) is 14.1. The van der Waals surface area contributed by atoms with Crippen molar-refractivity contribution in [1.29, 1.82) is 0 Å². The van der Waals surface area contributed by atoms with Crippen LogP contribution >= 0.6 is 11.8 Å². The highest BCUT2D eigenvalue weighted by atomic mass is 32.2. The van der Waals surface area contributed by atoms with E-state index in [2.05, 4.69) is 5.32 Å². The van der Waals surface area contributed by atoms with Crippen LogP contribution in [0.4, 0.5) is 8.78 Å². The van der Waals surface area contributed by atoms with Crippen LogP contribution in [0.3, 0.4) is 0 Å². The number of piperazine rings is 1. The van der Waals surface area contributed by atoms with Crippen molar-refractivity contribution in [3.05, 3.63) is 29.8 Å². The molecule has 0 unspecified atom stereocenters. The smallest absolute Gasteiger partial charge is 0.223 e. The molecule has 0 aromatic heterocycles. The van der Waals surface area contributed by atoms with Crippen molar-refractivity contribution in [2.24, 2.45) is 0 Å². The number of hydrogen-bond acceptors (Lipinski definition) is 3. The highest BCUT2D eigenvalue weighted by Crippen LogP contribution is 2.23. The van der Waals surface area contributed by atoms with Gasteiger partial charge in [-0.15, -0.1) is 11.8 Å². The van der Waals surface area contributed by atoms with Gasteiger partial charge in [0.25, 0.3) is 0 Å². The minimum atomic E-state index is -0.584. The maximum atomic E-state index is 13.4. The Morgan fingerprint density at radius 1 is 1.32 bits per heavy atom. The number of benzene rings is 1. The van der Waals surface area contributed by atoms with Gasteiger partial charge in [0.15, 0.2) is 0 Å².